The van der Waals surface area contributed by atoms with Crippen molar-refractivity contribution < 1.29 is 4.79 Å². The van der Waals surface area contributed by atoms with E-state index in [0.29, 0.717) is 29.5 Å². The Morgan fingerprint density at radius 1 is 1.35 bits per heavy atom. The van der Waals surface area contributed by atoms with E-state index in [1.165, 1.54) is 18.4 Å². The lowest BCUT2D eigenvalue weighted by atomic mass is 9.83. The molecule has 1 saturated carbocycles. The molecule has 4 atom stereocenters. The van der Waals surface area contributed by atoms with Gasteiger partial charge in [-0.15, -0.1) is 0 Å². The van der Waals surface area contributed by atoms with Crippen LogP contribution in [0.4, 0.5) is 0 Å². The van der Waals surface area contributed by atoms with E-state index in [0.717, 1.165) is 25.9 Å². The maximum Gasteiger partial charge on any atom is 0.136 e. The fraction of sp³-hybridized carbons (Fsp3) is 0.611. The number of ketones is 1. The molecule has 3 rings (SSSR count). The van der Waals surface area contributed by atoms with Gasteiger partial charge in [0.15, 0.2) is 0 Å². The predicted octanol–water partition coefficient (Wildman–Crippen LogP) is 3.39. The fourth-order valence-corrected chi connectivity index (χ4v) is 3.62. The Bertz CT molecular complexity index is 450. The molecule has 1 N–H and O–H groups in total. The predicted molar refractivity (Wildman–Crippen MR) is 81.7 cm³/mol. The standard InChI is InChI=1S/C18H25NO/c1-13(15-8-5-9-19-12-15)10-18(20)17-11-16(17)14-6-3-2-4-7-14/h2-4,6-7,13,15-17,19H,5,8-12H2,1H3. The van der Waals surface area contributed by atoms with Gasteiger partial charge < -0.3 is 5.32 Å². The highest BCUT2D eigenvalue weighted by Crippen LogP contribution is 2.49. The van der Waals surface area contributed by atoms with Crippen molar-refractivity contribution in [2.24, 2.45) is 17.8 Å². The second-order valence-corrected chi connectivity index (χ2v) is 6.61. The summed E-state index contributed by atoms with van der Waals surface area (Å²) in [5.41, 5.74) is 1.35. The molecular formula is C18H25NO. The van der Waals surface area contributed by atoms with Gasteiger partial charge in [0.05, 0.1) is 0 Å². The molecular weight excluding hydrogens is 246 g/mol. The lowest BCUT2D eigenvalue weighted by Crippen LogP contribution is -2.34. The van der Waals surface area contributed by atoms with Gasteiger partial charge in [-0.3, -0.25) is 4.79 Å². The highest BCUT2D eigenvalue weighted by molar-refractivity contribution is 5.85. The average molecular weight is 271 g/mol. The smallest absolute Gasteiger partial charge is 0.136 e. The minimum Gasteiger partial charge on any atom is -0.316 e. The third-order valence-corrected chi connectivity index (χ3v) is 5.09. The zero-order valence-corrected chi connectivity index (χ0v) is 12.3. The topological polar surface area (TPSA) is 29.1 Å². The van der Waals surface area contributed by atoms with E-state index in [-0.39, 0.29) is 0 Å². The largest absolute Gasteiger partial charge is 0.316 e. The van der Waals surface area contributed by atoms with Crippen molar-refractivity contribution in [3.8, 4) is 0 Å². The Kier molecular flexibility index (Phi) is 4.21. The molecule has 1 aromatic rings. The van der Waals surface area contributed by atoms with Crippen LogP contribution >= 0.6 is 0 Å². The van der Waals surface area contributed by atoms with Gasteiger partial charge in [0.2, 0.25) is 0 Å². The molecule has 108 valence electrons. The number of rotatable bonds is 5. The van der Waals surface area contributed by atoms with Crippen LogP contribution in [0.3, 0.4) is 0 Å². The minimum absolute atomic E-state index is 0.302. The van der Waals surface area contributed by atoms with Gasteiger partial charge in [-0.1, -0.05) is 37.3 Å². The molecule has 2 nitrogen and oxygen atoms in total. The summed E-state index contributed by atoms with van der Waals surface area (Å²) in [5, 5.41) is 3.46. The van der Waals surface area contributed by atoms with Gasteiger partial charge in [-0.05, 0) is 55.7 Å². The molecule has 4 unspecified atom stereocenters. The quantitative estimate of drug-likeness (QED) is 0.889. The molecule has 1 aliphatic heterocycles. The van der Waals surface area contributed by atoms with Crippen LogP contribution in [0.15, 0.2) is 30.3 Å². The monoisotopic (exact) mass is 271 g/mol. The molecule has 0 spiro atoms. The average Bonchev–Trinajstić information content (AvgIpc) is 3.29. The van der Waals surface area contributed by atoms with Crippen molar-refractivity contribution in [2.45, 2.75) is 38.5 Å². The first-order valence-electron chi connectivity index (χ1n) is 8.04. The molecule has 0 amide bonds. The summed E-state index contributed by atoms with van der Waals surface area (Å²) < 4.78 is 0. The first-order chi connectivity index (χ1) is 9.75. The summed E-state index contributed by atoms with van der Waals surface area (Å²) in [7, 11) is 0. The summed E-state index contributed by atoms with van der Waals surface area (Å²) in [5.74, 6) is 2.53. The Morgan fingerprint density at radius 2 is 2.15 bits per heavy atom. The number of hydrogen-bond acceptors (Lipinski definition) is 2. The van der Waals surface area contributed by atoms with Crippen LogP contribution in [-0.4, -0.2) is 18.9 Å². The normalized spacial score (nSPS) is 30.8. The van der Waals surface area contributed by atoms with Crippen molar-refractivity contribution in [2.75, 3.05) is 13.1 Å². The lowest BCUT2D eigenvalue weighted by Gasteiger charge is -2.28. The Balaban J connectivity index is 1.51. The highest BCUT2D eigenvalue weighted by Gasteiger charge is 2.43. The number of piperidine rings is 1. The fourth-order valence-electron chi connectivity index (χ4n) is 3.62. The molecule has 0 radical (unpaired) electrons. The molecule has 1 aliphatic carbocycles. The van der Waals surface area contributed by atoms with Crippen LogP contribution in [0, 0.1) is 17.8 Å². The molecule has 2 fully saturated rings. The van der Waals surface area contributed by atoms with Crippen LogP contribution in [0.2, 0.25) is 0 Å². The Morgan fingerprint density at radius 3 is 2.85 bits per heavy atom. The molecule has 1 aromatic carbocycles. The number of benzene rings is 1. The van der Waals surface area contributed by atoms with Crippen LogP contribution in [0.1, 0.15) is 44.1 Å². The van der Waals surface area contributed by atoms with Gasteiger partial charge in [0.25, 0.3) is 0 Å². The van der Waals surface area contributed by atoms with E-state index >= 15 is 0 Å². The zero-order valence-electron chi connectivity index (χ0n) is 12.3. The van der Waals surface area contributed by atoms with Gasteiger partial charge in [0, 0.05) is 12.3 Å². The van der Waals surface area contributed by atoms with Crippen molar-refractivity contribution in [3.05, 3.63) is 35.9 Å². The second kappa shape index (κ2) is 6.09. The highest BCUT2D eigenvalue weighted by atomic mass is 16.1. The first kappa shape index (κ1) is 13.8. The molecule has 2 heteroatoms. The maximum atomic E-state index is 12.4. The number of carbonyl (C=O) groups is 1. The van der Waals surface area contributed by atoms with Crippen molar-refractivity contribution in [1.82, 2.24) is 5.32 Å². The molecule has 0 bridgehead atoms. The van der Waals surface area contributed by atoms with E-state index < -0.39 is 0 Å². The van der Waals surface area contributed by atoms with E-state index in [4.69, 9.17) is 0 Å². The summed E-state index contributed by atoms with van der Waals surface area (Å²) in [6, 6.07) is 10.5. The summed E-state index contributed by atoms with van der Waals surface area (Å²) in [6.45, 7) is 4.51. The van der Waals surface area contributed by atoms with Crippen LogP contribution in [-0.2, 0) is 4.79 Å². The van der Waals surface area contributed by atoms with Crippen molar-refractivity contribution in [1.29, 1.82) is 0 Å². The molecule has 1 heterocycles. The van der Waals surface area contributed by atoms with Crippen LogP contribution < -0.4 is 5.32 Å². The summed E-state index contributed by atoms with van der Waals surface area (Å²) in [6.07, 6.45) is 4.40. The molecule has 2 aliphatic rings. The third-order valence-electron chi connectivity index (χ3n) is 5.09. The zero-order chi connectivity index (χ0) is 13.9. The van der Waals surface area contributed by atoms with Crippen molar-refractivity contribution in [3.63, 3.8) is 0 Å². The van der Waals surface area contributed by atoms with E-state index in [1.807, 2.05) is 6.07 Å². The van der Waals surface area contributed by atoms with Gasteiger partial charge in [-0.25, -0.2) is 0 Å². The molecule has 20 heavy (non-hydrogen) atoms. The lowest BCUT2D eigenvalue weighted by molar-refractivity contribution is -0.121. The second-order valence-electron chi connectivity index (χ2n) is 6.61. The van der Waals surface area contributed by atoms with Gasteiger partial charge >= 0.3 is 0 Å². The van der Waals surface area contributed by atoms with E-state index in [9.17, 15) is 4.79 Å². The SMILES string of the molecule is CC(CC(=O)C1CC1c1ccccc1)C1CCCNC1. The summed E-state index contributed by atoms with van der Waals surface area (Å²) >= 11 is 0. The minimum atomic E-state index is 0.302. The number of hydrogen-bond donors (Lipinski definition) is 1. The number of carbonyl (C=O) groups excluding carboxylic acids is 1. The number of Topliss-reactive ketones (excluding diaryl/α,β-unsaturated/α-hetero) is 1. The Hall–Kier alpha value is -1.15. The van der Waals surface area contributed by atoms with Gasteiger partial charge in [0.1, 0.15) is 5.78 Å². The molecule has 1 saturated heterocycles. The van der Waals surface area contributed by atoms with Crippen LogP contribution in [0.5, 0.6) is 0 Å². The van der Waals surface area contributed by atoms with E-state index in [1.54, 1.807) is 0 Å². The van der Waals surface area contributed by atoms with Crippen molar-refractivity contribution >= 4 is 5.78 Å². The van der Waals surface area contributed by atoms with Gasteiger partial charge in [-0.2, -0.15) is 0 Å². The first-order valence-corrected chi connectivity index (χ1v) is 8.04. The number of nitrogens with one attached hydrogen (secondary N) is 1. The summed E-state index contributed by atoms with van der Waals surface area (Å²) in [4.78, 5) is 12.4. The maximum absolute atomic E-state index is 12.4. The Labute approximate surface area is 122 Å². The molecule has 0 aromatic heterocycles. The third kappa shape index (κ3) is 3.12. The van der Waals surface area contributed by atoms with Crippen LogP contribution in [0.25, 0.3) is 0 Å². The van der Waals surface area contributed by atoms with E-state index in [2.05, 4.69) is 36.5 Å².